The van der Waals surface area contributed by atoms with Crippen LogP contribution in [0.4, 0.5) is 17.5 Å². The van der Waals surface area contributed by atoms with Crippen LogP contribution in [0, 0.1) is 6.92 Å². The number of para-hydroxylation sites is 1. The number of fused-ring (bicyclic) bond motifs is 1. The third-order valence-corrected chi connectivity index (χ3v) is 3.57. The largest absolute Gasteiger partial charge is 0.370 e. The minimum Gasteiger partial charge on any atom is -0.370 e. The molecule has 0 fully saturated rings. The van der Waals surface area contributed by atoms with Gasteiger partial charge >= 0.3 is 0 Å². The smallest absolute Gasteiger partial charge is 0.229 e. The Balaban J connectivity index is 1.86. The molecule has 2 N–H and O–H groups in total. The van der Waals surface area contributed by atoms with E-state index in [1.165, 1.54) is 0 Å². The summed E-state index contributed by atoms with van der Waals surface area (Å²) in [6, 6.07) is 12.0. The maximum atomic E-state index is 4.55. The third kappa shape index (κ3) is 3.74. The Kier molecular flexibility index (Phi) is 4.66. The molecular weight excluding hydrogens is 286 g/mol. The summed E-state index contributed by atoms with van der Waals surface area (Å²) in [4.78, 5) is 13.5. The molecule has 0 aliphatic rings. The average Bonchev–Trinajstić information content (AvgIpc) is 2.55. The van der Waals surface area contributed by atoms with Crippen LogP contribution in [-0.2, 0) is 0 Å². The molecule has 0 spiro atoms. The number of rotatable bonds is 6. The van der Waals surface area contributed by atoms with Crippen LogP contribution in [0.2, 0.25) is 0 Å². The van der Waals surface area contributed by atoms with E-state index in [-0.39, 0.29) is 0 Å². The second-order valence-corrected chi connectivity index (χ2v) is 5.50. The molecule has 118 valence electrons. The van der Waals surface area contributed by atoms with E-state index in [4.69, 9.17) is 0 Å². The van der Waals surface area contributed by atoms with Gasteiger partial charge in [-0.15, -0.1) is 0 Å². The molecule has 0 radical (unpaired) electrons. The van der Waals surface area contributed by atoms with E-state index in [2.05, 4.69) is 32.5 Å². The monoisotopic (exact) mass is 307 g/mol. The predicted molar refractivity (Wildman–Crippen MR) is 95.2 cm³/mol. The second-order valence-electron chi connectivity index (χ2n) is 5.50. The number of anilines is 3. The van der Waals surface area contributed by atoms with Crippen LogP contribution in [0.5, 0.6) is 0 Å². The standard InChI is InChI=1S/C18H21N5/c1-3-4-10-19-16-12-13(2)21-18(23-16)22-15-9-5-7-14-8-6-11-20-17(14)15/h5-9,11-12H,3-4,10H2,1-2H3,(H2,19,21,22,23). The Hall–Kier alpha value is -2.69. The van der Waals surface area contributed by atoms with Gasteiger partial charge in [0, 0.05) is 29.9 Å². The lowest BCUT2D eigenvalue weighted by Gasteiger charge is -2.11. The van der Waals surface area contributed by atoms with Crippen LogP contribution in [0.15, 0.2) is 42.6 Å². The van der Waals surface area contributed by atoms with Gasteiger partial charge in [0.25, 0.3) is 0 Å². The molecule has 0 aliphatic carbocycles. The summed E-state index contributed by atoms with van der Waals surface area (Å²) in [7, 11) is 0. The molecular formula is C18H21N5. The van der Waals surface area contributed by atoms with Crippen molar-refractivity contribution in [1.82, 2.24) is 15.0 Å². The quantitative estimate of drug-likeness (QED) is 0.665. The third-order valence-electron chi connectivity index (χ3n) is 3.57. The maximum absolute atomic E-state index is 4.55. The molecule has 0 amide bonds. The van der Waals surface area contributed by atoms with Gasteiger partial charge < -0.3 is 10.6 Å². The Morgan fingerprint density at radius 2 is 1.96 bits per heavy atom. The van der Waals surface area contributed by atoms with E-state index in [9.17, 15) is 0 Å². The van der Waals surface area contributed by atoms with Crippen LogP contribution in [-0.4, -0.2) is 21.5 Å². The number of hydrogen-bond donors (Lipinski definition) is 2. The van der Waals surface area contributed by atoms with E-state index in [1.54, 1.807) is 6.20 Å². The number of hydrogen-bond acceptors (Lipinski definition) is 5. The predicted octanol–water partition coefficient (Wildman–Crippen LogP) is 4.29. The van der Waals surface area contributed by atoms with Gasteiger partial charge in [-0.2, -0.15) is 4.98 Å². The lowest BCUT2D eigenvalue weighted by molar-refractivity contribution is 0.830. The van der Waals surface area contributed by atoms with Gasteiger partial charge in [0.1, 0.15) is 5.82 Å². The van der Waals surface area contributed by atoms with Crippen LogP contribution in [0.3, 0.4) is 0 Å². The Bertz CT molecular complexity index is 795. The highest BCUT2D eigenvalue weighted by Crippen LogP contribution is 2.23. The summed E-state index contributed by atoms with van der Waals surface area (Å²) in [6.45, 7) is 5.06. The van der Waals surface area contributed by atoms with Crippen molar-refractivity contribution in [3.63, 3.8) is 0 Å². The van der Waals surface area contributed by atoms with Crippen molar-refractivity contribution >= 4 is 28.4 Å². The molecule has 0 saturated heterocycles. The fourth-order valence-electron chi connectivity index (χ4n) is 2.43. The van der Waals surface area contributed by atoms with Crippen LogP contribution in [0.25, 0.3) is 10.9 Å². The maximum Gasteiger partial charge on any atom is 0.229 e. The van der Waals surface area contributed by atoms with E-state index >= 15 is 0 Å². The summed E-state index contributed by atoms with van der Waals surface area (Å²) in [5, 5.41) is 7.73. The topological polar surface area (TPSA) is 62.7 Å². The zero-order chi connectivity index (χ0) is 16.1. The highest BCUT2D eigenvalue weighted by atomic mass is 15.1. The lowest BCUT2D eigenvalue weighted by atomic mass is 10.2. The second kappa shape index (κ2) is 7.05. The van der Waals surface area contributed by atoms with Gasteiger partial charge in [0.15, 0.2) is 0 Å². The number of aryl methyl sites for hydroxylation is 1. The fraction of sp³-hybridized carbons (Fsp3) is 0.278. The number of pyridine rings is 1. The first-order valence-electron chi connectivity index (χ1n) is 7.96. The van der Waals surface area contributed by atoms with Crippen molar-refractivity contribution < 1.29 is 0 Å². The number of nitrogens with one attached hydrogen (secondary N) is 2. The van der Waals surface area contributed by atoms with Crippen molar-refractivity contribution in [1.29, 1.82) is 0 Å². The normalized spacial score (nSPS) is 10.7. The summed E-state index contributed by atoms with van der Waals surface area (Å²) in [6.07, 6.45) is 4.07. The lowest BCUT2D eigenvalue weighted by Crippen LogP contribution is -2.06. The van der Waals surface area contributed by atoms with Crippen molar-refractivity contribution in [3.05, 3.63) is 48.3 Å². The molecule has 5 heteroatoms. The number of benzene rings is 1. The molecule has 0 bridgehead atoms. The Morgan fingerprint density at radius 3 is 2.83 bits per heavy atom. The molecule has 3 rings (SSSR count). The van der Waals surface area contributed by atoms with Crippen LogP contribution < -0.4 is 10.6 Å². The van der Waals surface area contributed by atoms with Gasteiger partial charge in [-0.3, -0.25) is 4.98 Å². The highest BCUT2D eigenvalue weighted by Gasteiger charge is 2.06. The highest BCUT2D eigenvalue weighted by molar-refractivity contribution is 5.91. The first kappa shape index (κ1) is 15.2. The van der Waals surface area contributed by atoms with Crippen molar-refractivity contribution in [2.24, 2.45) is 0 Å². The number of unbranched alkanes of at least 4 members (excludes halogenated alkanes) is 1. The summed E-state index contributed by atoms with van der Waals surface area (Å²) in [5.74, 6) is 1.43. The van der Waals surface area contributed by atoms with E-state index in [1.807, 2.05) is 43.3 Å². The fourth-order valence-corrected chi connectivity index (χ4v) is 2.43. The van der Waals surface area contributed by atoms with Crippen LogP contribution >= 0.6 is 0 Å². The van der Waals surface area contributed by atoms with E-state index in [0.717, 1.165) is 47.5 Å². The van der Waals surface area contributed by atoms with Crippen LogP contribution in [0.1, 0.15) is 25.5 Å². The molecule has 0 saturated carbocycles. The van der Waals surface area contributed by atoms with Gasteiger partial charge in [0.05, 0.1) is 11.2 Å². The van der Waals surface area contributed by atoms with Gasteiger partial charge in [0.2, 0.25) is 5.95 Å². The van der Waals surface area contributed by atoms with Crippen molar-refractivity contribution in [3.8, 4) is 0 Å². The molecule has 3 aromatic rings. The summed E-state index contributed by atoms with van der Waals surface area (Å²) >= 11 is 0. The average molecular weight is 307 g/mol. The molecule has 23 heavy (non-hydrogen) atoms. The molecule has 2 heterocycles. The molecule has 1 aromatic carbocycles. The minimum absolute atomic E-state index is 0.585. The van der Waals surface area contributed by atoms with E-state index < -0.39 is 0 Å². The molecule has 0 unspecified atom stereocenters. The first-order valence-corrected chi connectivity index (χ1v) is 7.96. The zero-order valence-corrected chi connectivity index (χ0v) is 13.5. The zero-order valence-electron chi connectivity index (χ0n) is 13.5. The molecule has 5 nitrogen and oxygen atoms in total. The summed E-state index contributed by atoms with van der Waals surface area (Å²) < 4.78 is 0. The Labute approximate surface area is 136 Å². The van der Waals surface area contributed by atoms with Gasteiger partial charge in [-0.25, -0.2) is 4.98 Å². The van der Waals surface area contributed by atoms with Crippen molar-refractivity contribution in [2.75, 3.05) is 17.2 Å². The first-order chi connectivity index (χ1) is 11.3. The molecule has 2 aromatic heterocycles. The Morgan fingerprint density at radius 1 is 1.09 bits per heavy atom. The summed E-state index contributed by atoms with van der Waals surface area (Å²) in [5.41, 5.74) is 2.75. The number of aromatic nitrogens is 3. The van der Waals surface area contributed by atoms with Gasteiger partial charge in [-0.05, 0) is 25.5 Å². The van der Waals surface area contributed by atoms with Crippen molar-refractivity contribution in [2.45, 2.75) is 26.7 Å². The SMILES string of the molecule is CCCCNc1cc(C)nc(Nc2cccc3cccnc23)n1. The van der Waals surface area contributed by atoms with E-state index in [0.29, 0.717) is 5.95 Å². The number of nitrogens with zero attached hydrogens (tertiary/aromatic N) is 3. The molecule has 0 atom stereocenters. The van der Waals surface area contributed by atoms with Gasteiger partial charge in [-0.1, -0.05) is 31.5 Å². The molecule has 0 aliphatic heterocycles. The minimum atomic E-state index is 0.585.